The van der Waals surface area contributed by atoms with Crippen LogP contribution in [0.25, 0.3) is 11.3 Å². The second kappa shape index (κ2) is 6.26. The first-order valence-electron chi connectivity index (χ1n) is 7.90. The number of carbonyl (C=O) groups excluding carboxylic acids is 1. The zero-order valence-electron chi connectivity index (χ0n) is 13.9. The van der Waals surface area contributed by atoms with Gasteiger partial charge in [0.15, 0.2) is 17.2 Å². The first kappa shape index (κ1) is 15.7. The minimum absolute atomic E-state index is 0.204. The van der Waals surface area contributed by atoms with Gasteiger partial charge in [0.25, 0.3) is 5.91 Å². The van der Waals surface area contributed by atoms with E-state index < -0.39 is 0 Å². The fraction of sp³-hybridized carbons (Fsp3) is 0.105. The van der Waals surface area contributed by atoms with Gasteiger partial charge in [-0.2, -0.15) is 10.4 Å². The highest BCUT2D eigenvalue weighted by Gasteiger charge is 2.18. The number of fused-ring (bicyclic) bond motifs is 1. The van der Waals surface area contributed by atoms with E-state index in [9.17, 15) is 4.79 Å². The van der Waals surface area contributed by atoms with Gasteiger partial charge in [0.1, 0.15) is 6.07 Å². The molecule has 0 spiro atoms. The molecule has 7 heteroatoms. The first-order valence-corrected chi connectivity index (χ1v) is 7.90. The minimum atomic E-state index is -0.379. The standard InChI is InChI=1S/C19H14N4O3/c1-23-16(12-6-7-17-18(8-12)26-11-25-17)9-15(22-23)19(24)21-14-5-3-2-4-13(14)10-20/h2-9H,11H2,1H3,(H,21,24). The monoisotopic (exact) mass is 346 g/mol. The van der Waals surface area contributed by atoms with E-state index in [-0.39, 0.29) is 18.4 Å². The third-order valence-corrected chi connectivity index (χ3v) is 4.08. The average Bonchev–Trinajstić information content (AvgIpc) is 3.27. The van der Waals surface area contributed by atoms with Crippen LogP contribution in [0.5, 0.6) is 11.5 Å². The zero-order valence-corrected chi connectivity index (χ0v) is 13.9. The molecule has 1 aliphatic rings. The van der Waals surface area contributed by atoms with Gasteiger partial charge in [0, 0.05) is 12.6 Å². The molecule has 2 heterocycles. The Morgan fingerprint density at radius 3 is 2.85 bits per heavy atom. The van der Waals surface area contributed by atoms with Crippen molar-refractivity contribution in [3.63, 3.8) is 0 Å². The number of aromatic nitrogens is 2. The van der Waals surface area contributed by atoms with Crippen LogP contribution in [-0.4, -0.2) is 22.5 Å². The summed E-state index contributed by atoms with van der Waals surface area (Å²) in [5, 5.41) is 16.1. The molecular formula is C19H14N4O3. The van der Waals surface area contributed by atoms with E-state index in [4.69, 9.17) is 14.7 Å². The molecule has 0 fully saturated rings. The lowest BCUT2D eigenvalue weighted by Crippen LogP contribution is -2.13. The zero-order chi connectivity index (χ0) is 18.1. The summed E-state index contributed by atoms with van der Waals surface area (Å²) in [7, 11) is 1.76. The lowest BCUT2D eigenvalue weighted by molar-refractivity contribution is 0.102. The normalized spacial score (nSPS) is 11.8. The molecular weight excluding hydrogens is 332 g/mol. The number of anilines is 1. The number of hydrogen-bond acceptors (Lipinski definition) is 5. The van der Waals surface area contributed by atoms with E-state index >= 15 is 0 Å². The van der Waals surface area contributed by atoms with E-state index in [1.54, 1.807) is 42.1 Å². The van der Waals surface area contributed by atoms with E-state index in [0.717, 1.165) is 11.3 Å². The molecule has 0 atom stereocenters. The second-order valence-electron chi connectivity index (χ2n) is 5.72. The van der Waals surface area contributed by atoms with Crippen LogP contribution in [0.4, 0.5) is 5.69 Å². The first-order chi connectivity index (χ1) is 12.7. The van der Waals surface area contributed by atoms with Gasteiger partial charge in [-0.05, 0) is 36.4 Å². The number of nitriles is 1. The molecule has 0 radical (unpaired) electrons. The van der Waals surface area contributed by atoms with Crippen molar-refractivity contribution in [1.29, 1.82) is 5.26 Å². The molecule has 1 amide bonds. The Morgan fingerprint density at radius 2 is 2.00 bits per heavy atom. The number of aryl methyl sites for hydroxylation is 1. The molecule has 2 aromatic carbocycles. The van der Waals surface area contributed by atoms with Crippen molar-refractivity contribution in [2.24, 2.45) is 7.05 Å². The number of ether oxygens (including phenoxy) is 2. The smallest absolute Gasteiger partial charge is 0.276 e. The quantitative estimate of drug-likeness (QED) is 0.787. The fourth-order valence-electron chi connectivity index (χ4n) is 2.78. The molecule has 7 nitrogen and oxygen atoms in total. The number of benzene rings is 2. The number of carbonyl (C=O) groups is 1. The summed E-state index contributed by atoms with van der Waals surface area (Å²) < 4.78 is 12.3. The van der Waals surface area contributed by atoms with Crippen LogP contribution in [0.15, 0.2) is 48.5 Å². The number of nitrogens with zero attached hydrogens (tertiary/aromatic N) is 3. The molecule has 0 aliphatic carbocycles. The minimum Gasteiger partial charge on any atom is -0.454 e. The van der Waals surface area contributed by atoms with E-state index in [1.807, 2.05) is 18.2 Å². The molecule has 128 valence electrons. The highest BCUT2D eigenvalue weighted by atomic mass is 16.7. The maximum atomic E-state index is 12.5. The van der Waals surface area contributed by atoms with Gasteiger partial charge in [-0.25, -0.2) is 0 Å². The van der Waals surface area contributed by atoms with Crippen LogP contribution in [0.3, 0.4) is 0 Å². The molecule has 26 heavy (non-hydrogen) atoms. The summed E-state index contributed by atoms with van der Waals surface area (Å²) in [6, 6.07) is 16.1. The van der Waals surface area contributed by atoms with Crippen molar-refractivity contribution >= 4 is 11.6 Å². The summed E-state index contributed by atoms with van der Waals surface area (Å²) in [6.07, 6.45) is 0. The van der Waals surface area contributed by atoms with Crippen molar-refractivity contribution in [2.75, 3.05) is 12.1 Å². The molecule has 1 aromatic heterocycles. The topological polar surface area (TPSA) is 89.2 Å². The van der Waals surface area contributed by atoms with Crippen LogP contribution in [-0.2, 0) is 7.05 Å². The molecule has 0 bridgehead atoms. The van der Waals surface area contributed by atoms with Gasteiger partial charge < -0.3 is 14.8 Å². The Morgan fingerprint density at radius 1 is 1.19 bits per heavy atom. The third-order valence-electron chi connectivity index (χ3n) is 4.08. The highest BCUT2D eigenvalue weighted by Crippen LogP contribution is 2.36. The summed E-state index contributed by atoms with van der Waals surface area (Å²) >= 11 is 0. The van der Waals surface area contributed by atoms with Gasteiger partial charge in [0.2, 0.25) is 6.79 Å². The van der Waals surface area contributed by atoms with Crippen molar-refractivity contribution < 1.29 is 14.3 Å². The Hall–Kier alpha value is -3.79. The van der Waals surface area contributed by atoms with Crippen molar-refractivity contribution in [3.8, 4) is 28.8 Å². The van der Waals surface area contributed by atoms with Crippen molar-refractivity contribution in [3.05, 3.63) is 59.8 Å². The molecule has 0 unspecified atom stereocenters. The predicted octanol–water partition coefficient (Wildman–Crippen LogP) is 2.94. The maximum Gasteiger partial charge on any atom is 0.276 e. The molecule has 1 aliphatic heterocycles. The predicted molar refractivity (Wildman–Crippen MR) is 93.9 cm³/mol. The van der Waals surface area contributed by atoms with Crippen LogP contribution in [0, 0.1) is 11.3 Å². The van der Waals surface area contributed by atoms with E-state index in [0.29, 0.717) is 22.7 Å². The number of para-hydroxylation sites is 1. The third kappa shape index (κ3) is 2.74. The fourth-order valence-corrected chi connectivity index (χ4v) is 2.78. The second-order valence-corrected chi connectivity index (χ2v) is 5.72. The molecule has 0 saturated carbocycles. The largest absolute Gasteiger partial charge is 0.454 e. The summed E-state index contributed by atoms with van der Waals surface area (Å²) in [5.74, 6) is 0.981. The molecule has 4 rings (SSSR count). The van der Waals surface area contributed by atoms with Crippen molar-refractivity contribution in [1.82, 2.24) is 9.78 Å². The highest BCUT2D eigenvalue weighted by molar-refractivity contribution is 6.04. The van der Waals surface area contributed by atoms with Gasteiger partial charge in [-0.3, -0.25) is 9.48 Å². The van der Waals surface area contributed by atoms with E-state index in [1.165, 1.54) is 0 Å². The van der Waals surface area contributed by atoms with E-state index in [2.05, 4.69) is 16.5 Å². The van der Waals surface area contributed by atoms with Gasteiger partial charge in [0.05, 0.1) is 16.9 Å². The number of rotatable bonds is 3. The average molecular weight is 346 g/mol. The lowest BCUT2D eigenvalue weighted by atomic mass is 10.1. The van der Waals surface area contributed by atoms with Crippen LogP contribution in [0.2, 0.25) is 0 Å². The SMILES string of the molecule is Cn1nc(C(=O)Nc2ccccc2C#N)cc1-c1ccc2c(c1)OCO2. The number of nitrogens with one attached hydrogen (secondary N) is 1. The maximum absolute atomic E-state index is 12.5. The molecule has 1 N–H and O–H groups in total. The number of hydrogen-bond donors (Lipinski definition) is 1. The Balaban J connectivity index is 1.62. The Kier molecular flexibility index (Phi) is 3.78. The summed E-state index contributed by atoms with van der Waals surface area (Å²) in [6.45, 7) is 0.204. The van der Waals surface area contributed by atoms with Gasteiger partial charge in [-0.15, -0.1) is 0 Å². The van der Waals surface area contributed by atoms with Crippen molar-refractivity contribution in [2.45, 2.75) is 0 Å². The van der Waals surface area contributed by atoms with Crippen LogP contribution >= 0.6 is 0 Å². The Labute approximate surface area is 149 Å². The number of amides is 1. The summed E-state index contributed by atoms with van der Waals surface area (Å²) in [4.78, 5) is 12.5. The van der Waals surface area contributed by atoms with Crippen LogP contribution in [0.1, 0.15) is 16.1 Å². The lowest BCUT2D eigenvalue weighted by Gasteiger charge is -2.04. The van der Waals surface area contributed by atoms with Gasteiger partial charge >= 0.3 is 0 Å². The summed E-state index contributed by atoms with van der Waals surface area (Å²) in [5.41, 5.74) is 2.73. The molecule has 3 aromatic rings. The van der Waals surface area contributed by atoms with Gasteiger partial charge in [-0.1, -0.05) is 12.1 Å². The molecule has 0 saturated heterocycles. The van der Waals surface area contributed by atoms with Crippen LogP contribution < -0.4 is 14.8 Å². The Bertz CT molecular complexity index is 1050.